The van der Waals surface area contributed by atoms with Crippen molar-refractivity contribution in [3.8, 4) is 0 Å². The third kappa shape index (κ3) is 3.70. The molecule has 2 rings (SSSR count). The molecule has 3 unspecified atom stereocenters. The van der Waals surface area contributed by atoms with Crippen molar-refractivity contribution in [3.05, 3.63) is 29.6 Å². The molecule has 1 saturated carbocycles. The first-order valence-electron chi connectivity index (χ1n) is 7.87. The maximum absolute atomic E-state index is 14.6. The number of nitrogens with one attached hydrogen (secondary N) is 1. The molecule has 1 fully saturated rings. The van der Waals surface area contributed by atoms with Crippen LogP contribution in [0, 0.1) is 11.7 Å². The van der Waals surface area contributed by atoms with Gasteiger partial charge in [-0.2, -0.15) is 0 Å². The fourth-order valence-electron chi connectivity index (χ4n) is 3.51. The van der Waals surface area contributed by atoms with E-state index in [1.165, 1.54) is 6.07 Å². The number of methoxy groups -OCH3 is 1. The Morgan fingerprint density at radius 1 is 1.57 bits per heavy atom. The van der Waals surface area contributed by atoms with Crippen LogP contribution in [0.3, 0.4) is 0 Å². The van der Waals surface area contributed by atoms with Crippen molar-refractivity contribution >= 4 is 24.2 Å². The molecule has 0 aromatic heterocycles. The predicted octanol–water partition coefficient (Wildman–Crippen LogP) is 3.23. The lowest BCUT2D eigenvalue weighted by atomic mass is 9.68. The van der Waals surface area contributed by atoms with Crippen LogP contribution in [0.1, 0.15) is 24.8 Å². The summed E-state index contributed by atoms with van der Waals surface area (Å²) >= 11 is 1.65. The standard InChI is InChI=1S/C17H26FN3OS/c1-20-13-4-5-16(18)15(9-13)17(21-2)7-6-14(22-3)8-12(17)10-23-11-19/h4-5,9,12,14,20H,2,6-8,10-11,19H2,1,3H3. The van der Waals surface area contributed by atoms with Crippen LogP contribution < -0.4 is 11.1 Å². The summed E-state index contributed by atoms with van der Waals surface area (Å²) in [6.07, 6.45) is 2.60. The molecular formula is C17H26FN3OS. The summed E-state index contributed by atoms with van der Waals surface area (Å²) in [5, 5.41) is 3.07. The third-order valence-corrected chi connectivity index (χ3v) is 5.72. The van der Waals surface area contributed by atoms with Crippen molar-refractivity contribution in [2.24, 2.45) is 16.6 Å². The van der Waals surface area contributed by atoms with Crippen molar-refractivity contribution in [2.45, 2.75) is 30.9 Å². The molecule has 3 atom stereocenters. The average Bonchev–Trinajstić information content (AvgIpc) is 2.60. The summed E-state index contributed by atoms with van der Waals surface area (Å²) in [7, 11) is 3.56. The highest BCUT2D eigenvalue weighted by atomic mass is 32.2. The molecule has 1 aromatic rings. The molecule has 0 heterocycles. The second kappa shape index (κ2) is 8.13. The van der Waals surface area contributed by atoms with Crippen molar-refractivity contribution in [3.63, 3.8) is 0 Å². The molecule has 4 nitrogen and oxygen atoms in total. The molecule has 23 heavy (non-hydrogen) atoms. The monoisotopic (exact) mass is 339 g/mol. The van der Waals surface area contributed by atoms with Gasteiger partial charge in [0.25, 0.3) is 0 Å². The molecular weight excluding hydrogens is 313 g/mol. The van der Waals surface area contributed by atoms with Crippen LogP contribution >= 0.6 is 11.8 Å². The number of ether oxygens (including phenoxy) is 1. The van der Waals surface area contributed by atoms with Gasteiger partial charge < -0.3 is 15.8 Å². The normalized spacial score (nSPS) is 27.7. The van der Waals surface area contributed by atoms with Gasteiger partial charge in [-0.1, -0.05) is 0 Å². The average molecular weight is 339 g/mol. The highest BCUT2D eigenvalue weighted by Gasteiger charge is 2.45. The second-order valence-electron chi connectivity index (χ2n) is 5.89. The van der Waals surface area contributed by atoms with E-state index in [4.69, 9.17) is 10.5 Å². The Kier molecular flexibility index (Phi) is 6.44. The number of nitrogens with zero attached hydrogens (tertiary/aromatic N) is 1. The van der Waals surface area contributed by atoms with Crippen LogP contribution in [0.4, 0.5) is 10.1 Å². The zero-order valence-corrected chi connectivity index (χ0v) is 14.7. The first-order chi connectivity index (χ1) is 11.1. The largest absolute Gasteiger partial charge is 0.388 e. The molecule has 0 aliphatic heterocycles. The van der Waals surface area contributed by atoms with Crippen LogP contribution in [0.2, 0.25) is 0 Å². The highest BCUT2D eigenvalue weighted by Crippen LogP contribution is 2.47. The minimum atomic E-state index is -0.617. The van der Waals surface area contributed by atoms with E-state index in [1.54, 1.807) is 24.9 Å². The Morgan fingerprint density at radius 2 is 2.35 bits per heavy atom. The molecule has 0 spiro atoms. The molecule has 1 aliphatic carbocycles. The smallest absolute Gasteiger partial charge is 0.129 e. The lowest BCUT2D eigenvalue weighted by Crippen LogP contribution is -2.43. The second-order valence-corrected chi connectivity index (χ2v) is 6.97. The van der Waals surface area contributed by atoms with Crippen molar-refractivity contribution in [2.75, 3.05) is 31.1 Å². The fourth-order valence-corrected chi connectivity index (χ4v) is 4.34. The van der Waals surface area contributed by atoms with Crippen LogP contribution in [-0.2, 0) is 10.3 Å². The van der Waals surface area contributed by atoms with E-state index in [0.29, 0.717) is 11.4 Å². The molecule has 3 N–H and O–H groups in total. The lowest BCUT2D eigenvalue weighted by Gasteiger charge is -2.44. The Bertz CT molecular complexity index is 543. The Hall–Kier alpha value is -1.11. The number of hydrogen-bond donors (Lipinski definition) is 2. The molecule has 0 radical (unpaired) electrons. The van der Waals surface area contributed by atoms with Crippen LogP contribution in [-0.4, -0.2) is 38.6 Å². The van der Waals surface area contributed by atoms with Gasteiger partial charge in [0.1, 0.15) is 5.82 Å². The zero-order chi connectivity index (χ0) is 16.9. The molecule has 1 aromatic carbocycles. The lowest BCUT2D eigenvalue weighted by molar-refractivity contribution is 0.0236. The van der Waals surface area contributed by atoms with Crippen molar-refractivity contribution in [1.82, 2.24) is 0 Å². The van der Waals surface area contributed by atoms with Gasteiger partial charge in [-0.05, 0) is 50.1 Å². The summed E-state index contributed by atoms with van der Waals surface area (Å²) < 4.78 is 20.2. The number of nitrogens with two attached hydrogens (primary N) is 1. The molecule has 0 saturated heterocycles. The van der Waals surface area contributed by atoms with E-state index >= 15 is 0 Å². The molecule has 128 valence electrons. The van der Waals surface area contributed by atoms with Gasteiger partial charge in [0, 0.05) is 37.0 Å². The minimum absolute atomic E-state index is 0.147. The van der Waals surface area contributed by atoms with E-state index in [1.807, 2.05) is 13.1 Å². The zero-order valence-electron chi connectivity index (χ0n) is 13.8. The van der Waals surface area contributed by atoms with Gasteiger partial charge in [0.05, 0.1) is 11.6 Å². The Morgan fingerprint density at radius 3 is 2.96 bits per heavy atom. The SMILES string of the molecule is C=NC1(c2cc(NC)ccc2F)CCC(OC)CC1CSCN. The number of thioether (sulfide) groups is 1. The summed E-state index contributed by atoms with van der Waals surface area (Å²) in [6.45, 7) is 3.82. The number of halogens is 1. The maximum Gasteiger partial charge on any atom is 0.129 e. The van der Waals surface area contributed by atoms with E-state index in [0.717, 1.165) is 30.7 Å². The Balaban J connectivity index is 2.44. The third-order valence-electron chi connectivity index (χ3n) is 4.84. The van der Waals surface area contributed by atoms with E-state index in [-0.39, 0.29) is 17.8 Å². The first kappa shape index (κ1) is 18.2. The van der Waals surface area contributed by atoms with Crippen LogP contribution in [0.25, 0.3) is 0 Å². The first-order valence-corrected chi connectivity index (χ1v) is 9.03. The summed E-state index contributed by atoms with van der Waals surface area (Å²) in [5.74, 6) is 1.28. The van der Waals surface area contributed by atoms with E-state index in [9.17, 15) is 4.39 Å². The summed E-state index contributed by atoms with van der Waals surface area (Å²) in [6, 6.07) is 5.10. The summed E-state index contributed by atoms with van der Waals surface area (Å²) in [5.41, 5.74) is 6.54. The van der Waals surface area contributed by atoms with Gasteiger partial charge in [-0.3, -0.25) is 4.99 Å². The molecule has 0 amide bonds. The van der Waals surface area contributed by atoms with Crippen molar-refractivity contribution in [1.29, 1.82) is 0 Å². The highest BCUT2D eigenvalue weighted by molar-refractivity contribution is 7.99. The number of benzene rings is 1. The number of rotatable bonds is 7. The summed E-state index contributed by atoms with van der Waals surface area (Å²) in [4.78, 5) is 4.46. The number of hydrogen-bond acceptors (Lipinski definition) is 5. The fraction of sp³-hybridized carbons (Fsp3) is 0.588. The molecule has 0 bridgehead atoms. The molecule has 6 heteroatoms. The number of aliphatic imine (C=N–C) groups is 1. The quantitative estimate of drug-likeness (QED) is 0.591. The molecule has 1 aliphatic rings. The van der Waals surface area contributed by atoms with Crippen LogP contribution in [0.15, 0.2) is 23.2 Å². The maximum atomic E-state index is 14.6. The van der Waals surface area contributed by atoms with Crippen LogP contribution in [0.5, 0.6) is 0 Å². The van der Waals surface area contributed by atoms with Gasteiger partial charge in [0.2, 0.25) is 0 Å². The van der Waals surface area contributed by atoms with E-state index < -0.39 is 5.54 Å². The van der Waals surface area contributed by atoms with Crippen molar-refractivity contribution < 1.29 is 9.13 Å². The van der Waals surface area contributed by atoms with Gasteiger partial charge in [-0.25, -0.2) is 4.39 Å². The predicted molar refractivity (Wildman–Crippen MR) is 96.8 cm³/mol. The topological polar surface area (TPSA) is 59.6 Å². The van der Waals surface area contributed by atoms with Gasteiger partial charge in [-0.15, -0.1) is 11.8 Å². The number of anilines is 1. The van der Waals surface area contributed by atoms with Gasteiger partial charge >= 0.3 is 0 Å². The minimum Gasteiger partial charge on any atom is -0.388 e. The Labute approximate surface area is 142 Å². The van der Waals surface area contributed by atoms with E-state index in [2.05, 4.69) is 17.0 Å². The van der Waals surface area contributed by atoms with Gasteiger partial charge in [0.15, 0.2) is 0 Å².